The molecule has 0 radical (unpaired) electrons. The molecule has 108 valence electrons. The summed E-state index contributed by atoms with van der Waals surface area (Å²) >= 11 is 0. The minimum absolute atomic E-state index is 0.275. The van der Waals surface area contributed by atoms with E-state index in [4.69, 9.17) is 19.4 Å². The molecule has 0 amide bonds. The van der Waals surface area contributed by atoms with E-state index in [2.05, 4.69) is 5.16 Å². The van der Waals surface area contributed by atoms with Crippen molar-refractivity contribution in [3.8, 4) is 28.1 Å². The molecule has 0 saturated carbocycles. The fourth-order valence-electron chi connectivity index (χ4n) is 2.41. The Labute approximate surface area is 122 Å². The van der Waals surface area contributed by atoms with Gasteiger partial charge in [-0.2, -0.15) is 0 Å². The van der Waals surface area contributed by atoms with Crippen molar-refractivity contribution in [2.24, 2.45) is 0 Å². The van der Waals surface area contributed by atoms with Gasteiger partial charge in [0.25, 0.3) is 0 Å². The van der Waals surface area contributed by atoms with Crippen LogP contribution in [0.3, 0.4) is 0 Å². The van der Waals surface area contributed by atoms with Crippen molar-refractivity contribution in [1.29, 1.82) is 0 Å². The van der Waals surface area contributed by atoms with Gasteiger partial charge in [0, 0.05) is 5.56 Å². The van der Waals surface area contributed by atoms with Gasteiger partial charge in [-0.25, -0.2) is 0 Å². The van der Waals surface area contributed by atoms with Gasteiger partial charge in [0.05, 0.1) is 12.7 Å². The number of furan rings is 1. The highest BCUT2D eigenvalue weighted by Gasteiger charge is 2.21. The lowest BCUT2D eigenvalue weighted by atomic mass is 10.0. The Bertz CT molecular complexity index is 787. The minimum Gasteiger partial charge on any atom is -0.497 e. The summed E-state index contributed by atoms with van der Waals surface area (Å²) in [4.78, 5) is 0. The number of ether oxygens (including phenoxy) is 1. The van der Waals surface area contributed by atoms with Gasteiger partial charge in [0.1, 0.15) is 23.0 Å². The fourth-order valence-corrected chi connectivity index (χ4v) is 2.41. The first-order chi connectivity index (χ1) is 10.1. The quantitative estimate of drug-likeness (QED) is 0.791. The summed E-state index contributed by atoms with van der Waals surface area (Å²) in [7, 11) is 1.63. The molecule has 3 rings (SSSR count). The van der Waals surface area contributed by atoms with Crippen LogP contribution in [-0.4, -0.2) is 12.3 Å². The van der Waals surface area contributed by atoms with Gasteiger partial charge in [-0.1, -0.05) is 17.3 Å². The third kappa shape index (κ3) is 2.27. The zero-order valence-electron chi connectivity index (χ0n) is 12.1. The van der Waals surface area contributed by atoms with Crippen LogP contribution in [0.25, 0.3) is 22.4 Å². The molecular weight excluding hydrogens is 268 g/mol. The molecule has 5 nitrogen and oxygen atoms in total. The normalized spacial score (nSPS) is 10.8. The van der Waals surface area contributed by atoms with E-state index in [9.17, 15) is 0 Å². The predicted molar refractivity (Wildman–Crippen MR) is 80.1 cm³/mol. The summed E-state index contributed by atoms with van der Waals surface area (Å²) in [5.74, 6) is 2.63. The molecule has 0 fully saturated rings. The largest absolute Gasteiger partial charge is 0.497 e. The number of anilines is 1. The van der Waals surface area contributed by atoms with Crippen molar-refractivity contribution in [1.82, 2.24) is 5.16 Å². The molecule has 0 saturated heterocycles. The van der Waals surface area contributed by atoms with E-state index < -0.39 is 0 Å². The number of aromatic nitrogens is 1. The van der Waals surface area contributed by atoms with Gasteiger partial charge in [0.15, 0.2) is 0 Å². The Morgan fingerprint density at radius 1 is 1.19 bits per heavy atom. The summed E-state index contributed by atoms with van der Waals surface area (Å²) in [5, 5.41) is 4.09. The zero-order valence-corrected chi connectivity index (χ0v) is 12.1. The van der Waals surface area contributed by atoms with E-state index in [0.717, 1.165) is 34.0 Å². The standard InChI is InChI=1S/C16H16N2O3/c1-9-7-13(10(2)20-9)15-14(16(17)21-18-15)11-5-4-6-12(8-11)19-3/h4-8H,17H2,1-3H3. The van der Waals surface area contributed by atoms with E-state index in [-0.39, 0.29) is 5.88 Å². The Kier molecular flexibility index (Phi) is 3.17. The van der Waals surface area contributed by atoms with Crippen molar-refractivity contribution in [2.75, 3.05) is 12.8 Å². The van der Waals surface area contributed by atoms with Gasteiger partial charge in [-0.15, -0.1) is 0 Å². The highest BCUT2D eigenvalue weighted by molar-refractivity contribution is 5.87. The second-order valence-corrected chi connectivity index (χ2v) is 4.83. The number of methoxy groups -OCH3 is 1. The maximum absolute atomic E-state index is 5.96. The molecule has 5 heteroatoms. The van der Waals surface area contributed by atoms with Gasteiger partial charge in [-0.3, -0.25) is 0 Å². The van der Waals surface area contributed by atoms with Crippen LogP contribution in [0.2, 0.25) is 0 Å². The van der Waals surface area contributed by atoms with Crippen LogP contribution in [0.1, 0.15) is 11.5 Å². The maximum Gasteiger partial charge on any atom is 0.230 e. The van der Waals surface area contributed by atoms with Gasteiger partial charge < -0.3 is 19.4 Å². The molecule has 0 spiro atoms. The number of nitrogens with zero attached hydrogens (tertiary/aromatic N) is 1. The number of aryl methyl sites for hydroxylation is 2. The summed E-state index contributed by atoms with van der Waals surface area (Å²) in [5.41, 5.74) is 9.15. The summed E-state index contributed by atoms with van der Waals surface area (Å²) in [6, 6.07) is 9.54. The average Bonchev–Trinajstić information content (AvgIpc) is 3.01. The molecule has 0 aliphatic heterocycles. The molecule has 0 aliphatic carbocycles. The lowest BCUT2D eigenvalue weighted by Crippen LogP contribution is -1.89. The SMILES string of the molecule is COc1cccc(-c2c(-c3cc(C)oc3C)noc2N)c1. The predicted octanol–water partition coefficient (Wildman–Crippen LogP) is 3.81. The van der Waals surface area contributed by atoms with E-state index in [1.54, 1.807) is 7.11 Å². The van der Waals surface area contributed by atoms with Crippen LogP contribution >= 0.6 is 0 Å². The van der Waals surface area contributed by atoms with Crippen LogP contribution in [-0.2, 0) is 0 Å². The molecule has 3 aromatic rings. The smallest absolute Gasteiger partial charge is 0.230 e. The second-order valence-electron chi connectivity index (χ2n) is 4.83. The van der Waals surface area contributed by atoms with Crippen LogP contribution in [0.5, 0.6) is 5.75 Å². The fraction of sp³-hybridized carbons (Fsp3) is 0.188. The first-order valence-electron chi connectivity index (χ1n) is 6.57. The molecular formula is C16H16N2O3. The van der Waals surface area contributed by atoms with Gasteiger partial charge in [0.2, 0.25) is 5.88 Å². The topological polar surface area (TPSA) is 74.4 Å². The van der Waals surface area contributed by atoms with E-state index >= 15 is 0 Å². The van der Waals surface area contributed by atoms with Crippen molar-refractivity contribution in [3.05, 3.63) is 41.9 Å². The highest BCUT2D eigenvalue weighted by Crippen LogP contribution is 2.39. The monoisotopic (exact) mass is 284 g/mol. The van der Waals surface area contributed by atoms with Crippen LogP contribution in [0.4, 0.5) is 5.88 Å². The van der Waals surface area contributed by atoms with Gasteiger partial charge in [-0.05, 0) is 37.6 Å². The third-order valence-corrected chi connectivity index (χ3v) is 3.37. The third-order valence-electron chi connectivity index (χ3n) is 3.37. The van der Waals surface area contributed by atoms with Gasteiger partial charge >= 0.3 is 0 Å². The van der Waals surface area contributed by atoms with Crippen molar-refractivity contribution in [2.45, 2.75) is 13.8 Å². The number of nitrogen functional groups attached to an aromatic ring is 1. The van der Waals surface area contributed by atoms with Crippen molar-refractivity contribution < 1.29 is 13.7 Å². The first kappa shape index (κ1) is 13.3. The molecule has 0 aliphatic rings. The van der Waals surface area contributed by atoms with Crippen LogP contribution in [0, 0.1) is 13.8 Å². The lowest BCUT2D eigenvalue weighted by Gasteiger charge is -2.04. The maximum atomic E-state index is 5.96. The summed E-state index contributed by atoms with van der Waals surface area (Å²) in [6.45, 7) is 3.79. The van der Waals surface area contributed by atoms with Crippen molar-refractivity contribution in [3.63, 3.8) is 0 Å². The Balaban J connectivity index is 2.19. The zero-order chi connectivity index (χ0) is 15.0. The number of rotatable bonds is 3. The Hall–Kier alpha value is -2.69. The van der Waals surface area contributed by atoms with Crippen LogP contribution in [0.15, 0.2) is 39.3 Å². The summed E-state index contributed by atoms with van der Waals surface area (Å²) < 4.78 is 16.0. The lowest BCUT2D eigenvalue weighted by molar-refractivity contribution is 0.415. The minimum atomic E-state index is 0.275. The molecule has 2 heterocycles. The average molecular weight is 284 g/mol. The molecule has 2 N–H and O–H groups in total. The second kappa shape index (κ2) is 5.01. The Morgan fingerprint density at radius 2 is 2.00 bits per heavy atom. The summed E-state index contributed by atoms with van der Waals surface area (Å²) in [6.07, 6.45) is 0. The molecule has 0 bridgehead atoms. The van der Waals surface area contributed by atoms with E-state index in [1.165, 1.54) is 0 Å². The highest BCUT2D eigenvalue weighted by atomic mass is 16.5. The van der Waals surface area contributed by atoms with E-state index in [0.29, 0.717) is 5.69 Å². The number of nitrogens with two attached hydrogens (primary N) is 1. The van der Waals surface area contributed by atoms with Crippen molar-refractivity contribution >= 4 is 5.88 Å². The molecule has 0 unspecified atom stereocenters. The first-order valence-corrected chi connectivity index (χ1v) is 6.57. The molecule has 1 aromatic carbocycles. The van der Waals surface area contributed by atoms with E-state index in [1.807, 2.05) is 44.2 Å². The molecule has 21 heavy (non-hydrogen) atoms. The molecule has 2 aromatic heterocycles. The molecule has 0 atom stereocenters. The van der Waals surface area contributed by atoms with Crippen LogP contribution < -0.4 is 10.5 Å². The number of hydrogen-bond donors (Lipinski definition) is 1. The number of hydrogen-bond acceptors (Lipinski definition) is 5. The Morgan fingerprint density at radius 3 is 2.67 bits per heavy atom. The number of benzene rings is 1.